The molecule has 10 heteroatoms. The minimum Gasteiger partial charge on any atom is -0.484 e. The molecule has 8 nitrogen and oxygen atoms in total. The zero-order chi connectivity index (χ0) is 23.4. The summed E-state index contributed by atoms with van der Waals surface area (Å²) in [6.45, 7) is 5.44. The van der Waals surface area contributed by atoms with Crippen LogP contribution in [0.5, 0.6) is 5.75 Å². The fourth-order valence-corrected chi connectivity index (χ4v) is 5.94. The van der Waals surface area contributed by atoms with E-state index < -0.39 is 10.0 Å². The maximum absolute atomic E-state index is 12.8. The van der Waals surface area contributed by atoms with Crippen LogP contribution in [0.1, 0.15) is 16.7 Å². The van der Waals surface area contributed by atoms with Crippen molar-refractivity contribution in [3.05, 3.63) is 64.6 Å². The lowest BCUT2D eigenvalue weighted by Crippen LogP contribution is -2.42. The Labute approximate surface area is 198 Å². The molecule has 0 aliphatic carbocycles. The summed E-state index contributed by atoms with van der Waals surface area (Å²) in [6.07, 6.45) is 0. The van der Waals surface area contributed by atoms with Crippen molar-refractivity contribution in [2.45, 2.75) is 24.2 Å². The highest BCUT2D eigenvalue weighted by Crippen LogP contribution is 2.27. The first-order chi connectivity index (χ1) is 15.8. The molecule has 33 heavy (non-hydrogen) atoms. The highest BCUT2D eigenvalue weighted by atomic mass is 32.2. The predicted molar refractivity (Wildman–Crippen MR) is 128 cm³/mol. The summed E-state index contributed by atoms with van der Waals surface area (Å²) in [5.41, 5.74) is 3.49. The van der Waals surface area contributed by atoms with Gasteiger partial charge in [-0.3, -0.25) is 4.79 Å². The van der Waals surface area contributed by atoms with Crippen LogP contribution >= 0.6 is 11.8 Å². The molecule has 1 unspecified atom stereocenters. The number of nitrogens with one attached hydrogen (secondary N) is 2. The van der Waals surface area contributed by atoms with E-state index in [1.54, 1.807) is 24.3 Å². The van der Waals surface area contributed by atoms with Crippen LogP contribution in [0.3, 0.4) is 0 Å². The number of aryl methyl sites for hydroxylation is 2. The molecule has 2 aromatic rings. The van der Waals surface area contributed by atoms with Gasteiger partial charge in [0.05, 0.1) is 23.8 Å². The second kappa shape index (κ2) is 10.2. The smallest absolute Gasteiger partial charge is 0.260 e. The van der Waals surface area contributed by atoms with E-state index in [-0.39, 0.29) is 22.9 Å². The van der Waals surface area contributed by atoms with Crippen molar-refractivity contribution in [1.29, 1.82) is 0 Å². The minimum atomic E-state index is -3.53. The number of morpholine rings is 1. The van der Waals surface area contributed by atoms with Crippen molar-refractivity contribution >= 4 is 33.4 Å². The molecule has 176 valence electrons. The molecule has 1 atom stereocenters. The molecule has 1 amide bonds. The number of carbonyl (C=O) groups excluding carboxylic acids is 1. The van der Waals surface area contributed by atoms with Crippen LogP contribution in [0.15, 0.2) is 52.8 Å². The molecular formula is C23H27N3O5S2. The monoisotopic (exact) mass is 489 g/mol. The van der Waals surface area contributed by atoms with Crippen LogP contribution in [-0.4, -0.2) is 57.0 Å². The Kier molecular flexibility index (Phi) is 7.28. The lowest BCUT2D eigenvalue weighted by atomic mass is 10.1. The SMILES string of the molecule is Cc1cc(C)cc(OCC(=O)NC2NC(c3ccc(S(=O)(=O)N4CCOCC4)cc3)=CS2)c1. The molecule has 2 aliphatic rings. The third-order valence-corrected chi connectivity index (χ3v) is 8.03. The summed E-state index contributed by atoms with van der Waals surface area (Å²) in [7, 11) is -3.53. The van der Waals surface area contributed by atoms with Gasteiger partial charge in [-0.15, -0.1) is 0 Å². The minimum absolute atomic E-state index is 0.0783. The topological polar surface area (TPSA) is 97.0 Å². The third kappa shape index (κ3) is 5.89. The molecule has 1 saturated heterocycles. The Morgan fingerprint density at radius 2 is 1.82 bits per heavy atom. The van der Waals surface area contributed by atoms with Gasteiger partial charge in [0, 0.05) is 13.1 Å². The van der Waals surface area contributed by atoms with Gasteiger partial charge >= 0.3 is 0 Å². The molecule has 0 spiro atoms. The Bertz CT molecular complexity index is 1120. The van der Waals surface area contributed by atoms with Crippen LogP contribution in [0, 0.1) is 13.8 Å². The molecule has 2 aromatic carbocycles. The van der Waals surface area contributed by atoms with Gasteiger partial charge in [0.15, 0.2) is 12.1 Å². The van der Waals surface area contributed by atoms with Crippen LogP contribution in [0.4, 0.5) is 0 Å². The summed E-state index contributed by atoms with van der Waals surface area (Å²) in [5.74, 6) is 0.432. The summed E-state index contributed by atoms with van der Waals surface area (Å²) in [4.78, 5) is 12.6. The van der Waals surface area contributed by atoms with Gasteiger partial charge in [-0.2, -0.15) is 4.31 Å². The number of ether oxygens (including phenoxy) is 2. The molecular weight excluding hydrogens is 462 g/mol. The fraction of sp³-hybridized carbons (Fsp3) is 0.348. The van der Waals surface area contributed by atoms with E-state index >= 15 is 0 Å². The van der Waals surface area contributed by atoms with Crippen molar-refractivity contribution in [2.75, 3.05) is 32.9 Å². The first-order valence-electron chi connectivity index (χ1n) is 10.6. The third-order valence-electron chi connectivity index (χ3n) is 5.24. The van der Waals surface area contributed by atoms with E-state index in [4.69, 9.17) is 9.47 Å². The van der Waals surface area contributed by atoms with Crippen LogP contribution in [-0.2, 0) is 19.6 Å². The lowest BCUT2D eigenvalue weighted by molar-refractivity contribution is -0.123. The number of nitrogens with zero attached hydrogens (tertiary/aromatic N) is 1. The molecule has 0 saturated carbocycles. The van der Waals surface area contributed by atoms with Crippen LogP contribution in [0.2, 0.25) is 0 Å². The Balaban J connectivity index is 1.29. The molecule has 0 radical (unpaired) electrons. The first-order valence-corrected chi connectivity index (χ1v) is 13.0. The first kappa shape index (κ1) is 23.6. The summed E-state index contributed by atoms with van der Waals surface area (Å²) >= 11 is 1.43. The van der Waals surface area contributed by atoms with Gasteiger partial charge < -0.3 is 20.1 Å². The van der Waals surface area contributed by atoms with Crippen molar-refractivity contribution in [1.82, 2.24) is 14.9 Å². The zero-order valence-corrected chi connectivity index (χ0v) is 20.2. The average molecular weight is 490 g/mol. The quantitative estimate of drug-likeness (QED) is 0.617. The largest absolute Gasteiger partial charge is 0.484 e. The number of sulfonamides is 1. The number of benzene rings is 2. The molecule has 0 aromatic heterocycles. The van der Waals surface area contributed by atoms with Gasteiger partial charge in [-0.25, -0.2) is 8.42 Å². The second-order valence-corrected chi connectivity index (χ2v) is 10.8. The Morgan fingerprint density at radius 1 is 1.15 bits per heavy atom. The van der Waals surface area contributed by atoms with E-state index in [1.807, 2.05) is 37.5 Å². The highest BCUT2D eigenvalue weighted by Gasteiger charge is 2.26. The van der Waals surface area contributed by atoms with E-state index in [2.05, 4.69) is 10.6 Å². The van der Waals surface area contributed by atoms with E-state index in [0.717, 1.165) is 22.4 Å². The number of amides is 1. The second-order valence-electron chi connectivity index (χ2n) is 7.91. The van der Waals surface area contributed by atoms with E-state index in [0.29, 0.717) is 32.1 Å². The van der Waals surface area contributed by atoms with Crippen molar-refractivity contribution in [3.63, 3.8) is 0 Å². The fourth-order valence-electron chi connectivity index (χ4n) is 3.66. The number of hydrogen-bond donors (Lipinski definition) is 2. The standard InChI is InChI=1S/C23H27N3O5S2/c1-16-11-17(2)13-19(12-16)31-14-22(27)25-23-24-21(15-32-23)18-3-5-20(6-4-18)33(28,29)26-7-9-30-10-8-26/h3-6,11-13,15,23-24H,7-10,14H2,1-2H3,(H,25,27). The maximum Gasteiger partial charge on any atom is 0.260 e. The highest BCUT2D eigenvalue weighted by molar-refractivity contribution is 8.03. The van der Waals surface area contributed by atoms with E-state index in [9.17, 15) is 13.2 Å². The number of carbonyl (C=O) groups is 1. The molecule has 1 fully saturated rings. The van der Waals surface area contributed by atoms with E-state index in [1.165, 1.54) is 16.1 Å². The zero-order valence-electron chi connectivity index (χ0n) is 18.5. The van der Waals surface area contributed by atoms with Gasteiger partial charge in [-0.05, 0) is 60.2 Å². The molecule has 2 N–H and O–H groups in total. The van der Waals surface area contributed by atoms with Gasteiger partial charge in [0.2, 0.25) is 10.0 Å². The summed E-state index contributed by atoms with van der Waals surface area (Å²) in [6, 6.07) is 12.6. The van der Waals surface area contributed by atoms with Crippen LogP contribution < -0.4 is 15.4 Å². The molecule has 2 aliphatic heterocycles. The average Bonchev–Trinajstić information content (AvgIpc) is 3.26. The predicted octanol–water partition coefficient (Wildman–Crippen LogP) is 2.44. The molecule has 2 heterocycles. The van der Waals surface area contributed by atoms with Crippen molar-refractivity contribution in [3.8, 4) is 5.75 Å². The molecule has 4 rings (SSSR count). The molecule has 0 bridgehead atoms. The number of hydrogen-bond acceptors (Lipinski definition) is 7. The van der Waals surface area contributed by atoms with Crippen LogP contribution in [0.25, 0.3) is 5.70 Å². The summed E-state index contributed by atoms with van der Waals surface area (Å²) in [5, 5.41) is 8.02. The van der Waals surface area contributed by atoms with Gasteiger partial charge in [0.1, 0.15) is 5.75 Å². The van der Waals surface area contributed by atoms with Gasteiger partial charge in [-0.1, -0.05) is 30.0 Å². The van der Waals surface area contributed by atoms with Crippen molar-refractivity contribution in [2.24, 2.45) is 0 Å². The maximum atomic E-state index is 12.8. The Hall–Kier alpha value is -2.53. The Morgan fingerprint density at radius 3 is 2.48 bits per heavy atom. The van der Waals surface area contributed by atoms with Gasteiger partial charge in [0.25, 0.3) is 5.91 Å². The lowest BCUT2D eigenvalue weighted by Gasteiger charge is -2.26. The van der Waals surface area contributed by atoms with Crippen molar-refractivity contribution < 1.29 is 22.7 Å². The normalized spacial score (nSPS) is 19.0. The summed E-state index contributed by atoms with van der Waals surface area (Å²) < 4.78 is 37.8. The number of rotatable bonds is 7. The number of thioether (sulfide) groups is 1.